The average molecular weight is 283 g/mol. The molecular formula is C11H13N3O4S. The maximum absolute atomic E-state index is 11.9. The van der Waals surface area contributed by atoms with E-state index in [1.54, 1.807) is 24.3 Å². The number of hydrogen-bond donors (Lipinski definition) is 2. The number of H-pyrrole nitrogens is 1. The highest BCUT2D eigenvalue weighted by Crippen LogP contribution is 2.15. The quantitative estimate of drug-likeness (QED) is 0.811. The Balaban J connectivity index is 2.27. The number of esters is 1. The van der Waals surface area contributed by atoms with Crippen molar-refractivity contribution in [2.75, 3.05) is 11.8 Å². The Morgan fingerprint density at radius 2 is 2.11 bits per heavy atom. The molecule has 0 saturated heterocycles. The number of hydrogen-bond acceptors (Lipinski definition) is 5. The van der Waals surface area contributed by atoms with Gasteiger partial charge in [0.2, 0.25) is 16.0 Å². The fourth-order valence-corrected chi connectivity index (χ4v) is 2.41. The van der Waals surface area contributed by atoms with Crippen LogP contribution in [0.2, 0.25) is 0 Å². The van der Waals surface area contributed by atoms with Gasteiger partial charge in [0.1, 0.15) is 0 Å². The first-order chi connectivity index (χ1) is 8.94. The van der Waals surface area contributed by atoms with Crippen LogP contribution in [0.25, 0.3) is 11.0 Å². The van der Waals surface area contributed by atoms with Gasteiger partial charge in [-0.15, -0.1) is 0 Å². The summed E-state index contributed by atoms with van der Waals surface area (Å²) in [6, 6.07) is 7.10. The number of nitrogens with one attached hydrogen (secondary N) is 2. The van der Waals surface area contributed by atoms with Crippen molar-refractivity contribution in [1.82, 2.24) is 9.97 Å². The molecule has 102 valence electrons. The molecule has 0 bridgehead atoms. The molecule has 0 amide bonds. The van der Waals surface area contributed by atoms with Gasteiger partial charge < -0.3 is 9.72 Å². The first kappa shape index (κ1) is 13.3. The van der Waals surface area contributed by atoms with Gasteiger partial charge in [-0.05, 0) is 19.1 Å². The zero-order valence-electron chi connectivity index (χ0n) is 10.4. The summed E-state index contributed by atoms with van der Waals surface area (Å²) in [7, 11) is -2.76. The third kappa shape index (κ3) is 2.68. The van der Waals surface area contributed by atoms with Gasteiger partial charge in [-0.1, -0.05) is 12.1 Å². The van der Waals surface area contributed by atoms with E-state index in [1.165, 1.54) is 6.92 Å². The summed E-state index contributed by atoms with van der Waals surface area (Å²) in [5, 5.41) is -1.31. The summed E-state index contributed by atoms with van der Waals surface area (Å²) in [5.74, 6) is -0.763. The zero-order valence-corrected chi connectivity index (χ0v) is 11.2. The number of aromatic nitrogens is 2. The number of para-hydroxylation sites is 2. The van der Waals surface area contributed by atoms with Crippen molar-refractivity contribution >= 4 is 33.0 Å². The van der Waals surface area contributed by atoms with Crippen molar-refractivity contribution < 1.29 is 17.9 Å². The third-order valence-corrected chi connectivity index (χ3v) is 4.23. The Bertz CT molecular complexity index is 675. The first-order valence-electron chi connectivity index (χ1n) is 5.48. The summed E-state index contributed by atoms with van der Waals surface area (Å²) in [6.07, 6.45) is 0. The molecule has 8 heteroatoms. The molecule has 2 N–H and O–H groups in total. The average Bonchev–Trinajstić information content (AvgIpc) is 2.77. The lowest BCUT2D eigenvalue weighted by Gasteiger charge is -2.10. The number of nitrogens with zero attached hydrogens (tertiary/aromatic N) is 1. The maximum atomic E-state index is 11.9. The SMILES string of the molecule is COC(=O)C(C)S(=O)(=O)Nc1nc2ccccc2[nH]1. The molecule has 1 unspecified atom stereocenters. The summed E-state index contributed by atoms with van der Waals surface area (Å²) in [4.78, 5) is 18.1. The van der Waals surface area contributed by atoms with Crippen molar-refractivity contribution in [2.45, 2.75) is 12.2 Å². The van der Waals surface area contributed by atoms with E-state index in [1.807, 2.05) is 0 Å². The molecule has 0 saturated carbocycles. The number of sulfonamides is 1. The Morgan fingerprint density at radius 1 is 1.42 bits per heavy atom. The van der Waals surface area contributed by atoms with Crippen molar-refractivity contribution in [3.05, 3.63) is 24.3 Å². The number of benzene rings is 1. The van der Waals surface area contributed by atoms with E-state index in [9.17, 15) is 13.2 Å². The smallest absolute Gasteiger partial charge is 0.325 e. The maximum Gasteiger partial charge on any atom is 0.325 e. The minimum Gasteiger partial charge on any atom is -0.468 e. The zero-order chi connectivity index (χ0) is 14.0. The van der Waals surface area contributed by atoms with Crippen LogP contribution in [0.4, 0.5) is 5.95 Å². The highest BCUT2D eigenvalue weighted by Gasteiger charge is 2.29. The largest absolute Gasteiger partial charge is 0.468 e. The van der Waals surface area contributed by atoms with Crippen molar-refractivity contribution in [3.63, 3.8) is 0 Å². The summed E-state index contributed by atoms with van der Waals surface area (Å²) in [6.45, 7) is 1.25. The van der Waals surface area contributed by atoms with Gasteiger partial charge in [0.05, 0.1) is 18.1 Å². The predicted molar refractivity (Wildman–Crippen MR) is 70.1 cm³/mol. The fraction of sp³-hybridized carbons (Fsp3) is 0.273. The standard InChI is InChI=1S/C11H13N3O4S/c1-7(10(15)18-2)19(16,17)14-11-12-8-5-3-4-6-9(8)13-11/h3-7H,1-2H3,(H2,12,13,14). The van der Waals surface area contributed by atoms with Crippen molar-refractivity contribution in [2.24, 2.45) is 0 Å². The number of aromatic amines is 1. The van der Waals surface area contributed by atoms with Gasteiger partial charge in [0, 0.05) is 0 Å². The number of anilines is 1. The summed E-state index contributed by atoms with van der Waals surface area (Å²) >= 11 is 0. The molecule has 1 atom stereocenters. The molecule has 19 heavy (non-hydrogen) atoms. The highest BCUT2D eigenvalue weighted by molar-refractivity contribution is 7.94. The normalized spacial score (nSPS) is 13.2. The minimum atomic E-state index is -3.89. The molecular weight excluding hydrogens is 270 g/mol. The molecule has 1 aromatic carbocycles. The number of methoxy groups -OCH3 is 1. The molecule has 0 aliphatic rings. The van der Waals surface area contributed by atoms with Gasteiger partial charge in [0.15, 0.2) is 5.25 Å². The van der Waals surface area contributed by atoms with Crippen molar-refractivity contribution in [1.29, 1.82) is 0 Å². The molecule has 2 aromatic rings. The van der Waals surface area contributed by atoms with Crippen LogP contribution in [-0.2, 0) is 19.6 Å². The van der Waals surface area contributed by atoms with Gasteiger partial charge in [0.25, 0.3) is 0 Å². The van der Waals surface area contributed by atoms with E-state index in [0.717, 1.165) is 7.11 Å². The number of carbonyl (C=O) groups excluding carboxylic acids is 1. The first-order valence-corrected chi connectivity index (χ1v) is 7.03. The van der Waals surface area contributed by atoms with E-state index in [2.05, 4.69) is 19.4 Å². The number of carbonyl (C=O) groups is 1. The van der Waals surface area contributed by atoms with Crippen molar-refractivity contribution in [3.8, 4) is 0 Å². The lowest BCUT2D eigenvalue weighted by molar-refractivity contribution is -0.139. The van der Waals surface area contributed by atoms with Gasteiger partial charge in [-0.3, -0.25) is 9.52 Å². The Morgan fingerprint density at radius 3 is 2.74 bits per heavy atom. The number of rotatable bonds is 4. The molecule has 0 spiro atoms. The molecule has 0 radical (unpaired) electrons. The molecule has 2 rings (SSSR count). The molecule has 1 heterocycles. The monoisotopic (exact) mass is 283 g/mol. The van der Waals surface area contributed by atoms with Crippen LogP contribution >= 0.6 is 0 Å². The molecule has 0 aliphatic heterocycles. The topological polar surface area (TPSA) is 101 Å². The lowest BCUT2D eigenvalue weighted by Crippen LogP contribution is -2.33. The van der Waals surface area contributed by atoms with Crippen LogP contribution in [0.15, 0.2) is 24.3 Å². The minimum absolute atomic E-state index is 0.0666. The Hall–Kier alpha value is -2.09. The van der Waals surface area contributed by atoms with E-state index in [4.69, 9.17) is 0 Å². The van der Waals surface area contributed by atoms with E-state index < -0.39 is 21.2 Å². The van der Waals surface area contributed by atoms with Gasteiger partial charge in [-0.2, -0.15) is 0 Å². The van der Waals surface area contributed by atoms with E-state index in [-0.39, 0.29) is 5.95 Å². The number of imidazole rings is 1. The number of fused-ring (bicyclic) bond motifs is 1. The molecule has 1 aromatic heterocycles. The molecule has 0 fully saturated rings. The van der Waals surface area contributed by atoms with Gasteiger partial charge in [-0.25, -0.2) is 13.4 Å². The second kappa shape index (κ2) is 4.88. The second-order valence-electron chi connectivity index (χ2n) is 3.92. The van der Waals surface area contributed by atoms with Gasteiger partial charge >= 0.3 is 5.97 Å². The second-order valence-corrected chi connectivity index (χ2v) is 5.92. The van der Waals surface area contributed by atoms with E-state index >= 15 is 0 Å². The van der Waals surface area contributed by atoms with Crippen LogP contribution < -0.4 is 4.72 Å². The van der Waals surface area contributed by atoms with Crippen LogP contribution in [0.3, 0.4) is 0 Å². The summed E-state index contributed by atoms with van der Waals surface area (Å²) < 4.78 is 30.4. The van der Waals surface area contributed by atoms with Crippen LogP contribution in [0.1, 0.15) is 6.92 Å². The third-order valence-electron chi connectivity index (χ3n) is 2.63. The predicted octanol–water partition coefficient (Wildman–Crippen LogP) is 0.866. The van der Waals surface area contributed by atoms with Crippen LogP contribution in [0.5, 0.6) is 0 Å². The molecule has 7 nitrogen and oxygen atoms in total. The van der Waals surface area contributed by atoms with E-state index in [0.29, 0.717) is 11.0 Å². The highest BCUT2D eigenvalue weighted by atomic mass is 32.2. The Labute approximate surface area is 110 Å². The lowest BCUT2D eigenvalue weighted by atomic mass is 10.3. The number of ether oxygens (including phenoxy) is 1. The molecule has 0 aliphatic carbocycles. The van der Waals surface area contributed by atoms with Crippen LogP contribution in [-0.4, -0.2) is 36.7 Å². The Kier molecular flexibility index (Phi) is 3.43. The summed E-state index contributed by atoms with van der Waals surface area (Å²) in [5.41, 5.74) is 1.33. The fourth-order valence-electron chi connectivity index (χ4n) is 1.52. The van der Waals surface area contributed by atoms with Crippen LogP contribution in [0, 0.1) is 0 Å².